The van der Waals surface area contributed by atoms with Gasteiger partial charge < -0.3 is 10.1 Å². The van der Waals surface area contributed by atoms with Crippen molar-refractivity contribution in [3.63, 3.8) is 0 Å². The number of anilines is 1. The number of carbonyl (C=O) groups excluding carboxylic acids is 1. The lowest BCUT2D eigenvalue weighted by molar-refractivity contribution is -0.119. The molecule has 1 fully saturated rings. The molecule has 3 rings (SSSR count). The van der Waals surface area contributed by atoms with Gasteiger partial charge in [-0.2, -0.15) is 4.31 Å². The Kier molecular flexibility index (Phi) is 6.79. The minimum Gasteiger partial charge on any atom is -0.492 e. The molecule has 0 radical (unpaired) electrons. The SMILES string of the molecule is CS(=O)(=O)CCOc1cccc(NC(=O)C2CCCN2S(=O)(=O)c2ccccc2)c1. The van der Waals surface area contributed by atoms with Gasteiger partial charge in [0.05, 0.1) is 10.6 Å². The summed E-state index contributed by atoms with van der Waals surface area (Å²) in [6.45, 7) is 0.284. The fourth-order valence-corrected chi connectivity index (χ4v) is 5.28. The number of amides is 1. The molecule has 1 N–H and O–H groups in total. The molecule has 8 nitrogen and oxygen atoms in total. The first-order valence-electron chi connectivity index (χ1n) is 9.45. The van der Waals surface area contributed by atoms with Gasteiger partial charge in [-0.1, -0.05) is 24.3 Å². The van der Waals surface area contributed by atoms with Crippen molar-refractivity contribution in [2.24, 2.45) is 0 Å². The van der Waals surface area contributed by atoms with Crippen molar-refractivity contribution in [2.45, 2.75) is 23.8 Å². The Morgan fingerprint density at radius 3 is 2.53 bits per heavy atom. The highest BCUT2D eigenvalue weighted by Crippen LogP contribution is 2.27. The lowest BCUT2D eigenvalue weighted by atomic mass is 10.2. The van der Waals surface area contributed by atoms with Gasteiger partial charge in [-0.05, 0) is 37.1 Å². The number of hydrogen-bond acceptors (Lipinski definition) is 6. The molecule has 1 saturated heterocycles. The number of carbonyl (C=O) groups is 1. The molecule has 0 saturated carbocycles. The standard InChI is InChI=1S/C20H24N2O6S2/c1-29(24,25)14-13-28-17-8-5-7-16(15-17)21-20(23)19-11-6-12-22(19)30(26,27)18-9-3-2-4-10-18/h2-5,7-10,15,19H,6,11-14H2,1H3,(H,21,23). The Morgan fingerprint density at radius 1 is 1.10 bits per heavy atom. The van der Waals surface area contributed by atoms with Gasteiger partial charge in [0, 0.05) is 24.6 Å². The molecule has 2 aromatic carbocycles. The summed E-state index contributed by atoms with van der Waals surface area (Å²) < 4.78 is 54.9. The van der Waals surface area contributed by atoms with Gasteiger partial charge in [-0.3, -0.25) is 4.79 Å². The number of nitrogens with zero attached hydrogens (tertiary/aromatic N) is 1. The predicted molar refractivity (Wildman–Crippen MR) is 114 cm³/mol. The molecule has 1 heterocycles. The molecule has 0 bridgehead atoms. The number of nitrogens with one attached hydrogen (secondary N) is 1. The van der Waals surface area contributed by atoms with Crippen molar-refractivity contribution in [3.8, 4) is 5.75 Å². The highest BCUT2D eigenvalue weighted by molar-refractivity contribution is 7.90. The monoisotopic (exact) mass is 452 g/mol. The quantitative estimate of drug-likeness (QED) is 0.655. The number of rotatable bonds is 8. The van der Waals surface area contributed by atoms with Crippen LogP contribution in [-0.4, -0.2) is 58.3 Å². The van der Waals surface area contributed by atoms with Gasteiger partial charge in [0.2, 0.25) is 15.9 Å². The first-order chi connectivity index (χ1) is 14.2. The maximum atomic E-state index is 12.9. The summed E-state index contributed by atoms with van der Waals surface area (Å²) in [6, 6.07) is 13.8. The van der Waals surface area contributed by atoms with Crippen molar-refractivity contribution in [1.82, 2.24) is 4.31 Å². The van der Waals surface area contributed by atoms with Crippen molar-refractivity contribution in [3.05, 3.63) is 54.6 Å². The zero-order chi connectivity index (χ0) is 21.8. The zero-order valence-corrected chi connectivity index (χ0v) is 18.2. The summed E-state index contributed by atoms with van der Waals surface area (Å²) in [6.07, 6.45) is 2.16. The normalized spacial score (nSPS) is 17.6. The van der Waals surface area contributed by atoms with Crippen LogP contribution in [0.2, 0.25) is 0 Å². The van der Waals surface area contributed by atoms with Crippen LogP contribution < -0.4 is 10.1 Å². The smallest absolute Gasteiger partial charge is 0.243 e. The second-order valence-electron chi connectivity index (χ2n) is 7.08. The van der Waals surface area contributed by atoms with Gasteiger partial charge >= 0.3 is 0 Å². The third kappa shape index (κ3) is 5.59. The minimum absolute atomic E-state index is 0.00194. The molecule has 0 spiro atoms. The van der Waals surface area contributed by atoms with E-state index in [2.05, 4.69) is 5.32 Å². The van der Waals surface area contributed by atoms with E-state index in [0.29, 0.717) is 24.3 Å². The van der Waals surface area contributed by atoms with Gasteiger partial charge in [0.1, 0.15) is 18.4 Å². The zero-order valence-electron chi connectivity index (χ0n) is 16.5. The van der Waals surface area contributed by atoms with E-state index < -0.39 is 31.8 Å². The van der Waals surface area contributed by atoms with E-state index in [0.717, 1.165) is 6.26 Å². The Bertz CT molecular complexity index is 1100. The molecule has 0 aromatic heterocycles. The molecule has 30 heavy (non-hydrogen) atoms. The van der Waals surface area contributed by atoms with E-state index in [1.165, 1.54) is 16.4 Å². The van der Waals surface area contributed by atoms with E-state index >= 15 is 0 Å². The van der Waals surface area contributed by atoms with Crippen LogP contribution in [0.5, 0.6) is 5.75 Å². The van der Waals surface area contributed by atoms with E-state index in [1.807, 2.05) is 0 Å². The average Bonchev–Trinajstić information content (AvgIpc) is 3.19. The summed E-state index contributed by atoms with van der Waals surface area (Å²) >= 11 is 0. The van der Waals surface area contributed by atoms with Crippen LogP contribution in [0.15, 0.2) is 59.5 Å². The largest absolute Gasteiger partial charge is 0.492 e. The van der Waals surface area contributed by atoms with Crippen molar-refractivity contribution in [1.29, 1.82) is 0 Å². The molecule has 1 atom stereocenters. The van der Waals surface area contributed by atoms with Crippen LogP contribution in [0, 0.1) is 0 Å². The maximum Gasteiger partial charge on any atom is 0.243 e. The molecule has 10 heteroatoms. The van der Waals surface area contributed by atoms with Gasteiger partial charge in [-0.15, -0.1) is 0 Å². The Morgan fingerprint density at radius 2 is 1.83 bits per heavy atom. The second-order valence-corrected chi connectivity index (χ2v) is 11.2. The maximum absolute atomic E-state index is 12.9. The molecule has 0 aliphatic carbocycles. The predicted octanol–water partition coefficient (Wildman–Crippen LogP) is 1.90. The minimum atomic E-state index is -3.77. The Hall–Kier alpha value is -2.43. The third-order valence-corrected chi connectivity index (χ3v) is 7.51. The van der Waals surface area contributed by atoms with Crippen LogP contribution in [0.4, 0.5) is 5.69 Å². The summed E-state index contributed by atoms with van der Waals surface area (Å²) in [7, 11) is -6.90. The number of ether oxygens (including phenoxy) is 1. The van der Waals surface area contributed by atoms with Crippen LogP contribution >= 0.6 is 0 Å². The fraction of sp³-hybridized carbons (Fsp3) is 0.350. The van der Waals surface area contributed by atoms with E-state index in [4.69, 9.17) is 4.74 Å². The Balaban J connectivity index is 1.69. The van der Waals surface area contributed by atoms with Crippen molar-refractivity contribution in [2.75, 3.05) is 30.5 Å². The molecular weight excluding hydrogens is 428 g/mol. The average molecular weight is 453 g/mol. The summed E-state index contributed by atoms with van der Waals surface area (Å²) in [5.41, 5.74) is 0.445. The molecule has 2 aromatic rings. The molecular formula is C20H24N2O6S2. The van der Waals surface area contributed by atoms with Crippen LogP contribution in [-0.2, 0) is 24.7 Å². The number of sulfonamides is 1. The van der Waals surface area contributed by atoms with Gasteiger partial charge in [0.25, 0.3) is 0 Å². The molecule has 162 valence electrons. The molecule has 1 aliphatic rings. The number of sulfone groups is 1. The van der Waals surface area contributed by atoms with Crippen molar-refractivity contribution < 1.29 is 26.4 Å². The van der Waals surface area contributed by atoms with Gasteiger partial charge in [-0.25, -0.2) is 16.8 Å². The highest BCUT2D eigenvalue weighted by Gasteiger charge is 2.39. The second kappa shape index (κ2) is 9.15. The molecule has 1 unspecified atom stereocenters. The van der Waals surface area contributed by atoms with E-state index in [9.17, 15) is 21.6 Å². The van der Waals surface area contributed by atoms with Gasteiger partial charge in [0.15, 0.2) is 9.84 Å². The van der Waals surface area contributed by atoms with E-state index in [-0.39, 0.29) is 23.8 Å². The third-order valence-electron chi connectivity index (χ3n) is 4.68. The fourth-order valence-electron chi connectivity index (χ4n) is 3.22. The topological polar surface area (TPSA) is 110 Å². The van der Waals surface area contributed by atoms with Crippen LogP contribution in [0.25, 0.3) is 0 Å². The summed E-state index contributed by atoms with van der Waals surface area (Å²) in [5, 5.41) is 2.74. The van der Waals surface area contributed by atoms with Crippen LogP contribution in [0.1, 0.15) is 12.8 Å². The lowest BCUT2D eigenvalue weighted by Gasteiger charge is -2.23. The number of benzene rings is 2. The number of hydrogen-bond donors (Lipinski definition) is 1. The summed E-state index contributed by atoms with van der Waals surface area (Å²) in [5.74, 6) is -0.116. The van der Waals surface area contributed by atoms with E-state index in [1.54, 1.807) is 42.5 Å². The molecule has 1 aliphatic heterocycles. The first-order valence-corrected chi connectivity index (χ1v) is 13.0. The van der Waals surface area contributed by atoms with Crippen molar-refractivity contribution >= 4 is 31.5 Å². The first kappa shape index (κ1) is 22.3. The highest BCUT2D eigenvalue weighted by atomic mass is 32.2. The lowest BCUT2D eigenvalue weighted by Crippen LogP contribution is -2.43. The molecule has 1 amide bonds. The Labute approximate surface area is 176 Å². The van der Waals surface area contributed by atoms with Crippen LogP contribution in [0.3, 0.4) is 0 Å². The summed E-state index contributed by atoms with van der Waals surface area (Å²) in [4.78, 5) is 13.0.